The van der Waals surface area contributed by atoms with E-state index in [0.717, 1.165) is 37.7 Å². The second-order valence-corrected chi connectivity index (χ2v) is 7.66. The molecule has 0 N–H and O–H groups in total. The third kappa shape index (κ3) is 3.34. The Hall–Kier alpha value is -1.95. The van der Waals surface area contributed by atoms with E-state index in [1.165, 1.54) is 12.1 Å². The summed E-state index contributed by atoms with van der Waals surface area (Å²) in [7, 11) is 0. The van der Waals surface area contributed by atoms with Gasteiger partial charge < -0.3 is 14.4 Å². The molecule has 0 unspecified atom stereocenters. The van der Waals surface area contributed by atoms with Crippen LogP contribution < -0.4 is 0 Å². The SMILES string of the molecule is O=C1C[C@H](C(=O)N2CC(OCc3cccc(F)c3)C2)C2(CCCCC2)O1. The zero-order valence-corrected chi connectivity index (χ0v) is 14.8. The smallest absolute Gasteiger partial charge is 0.307 e. The van der Waals surface area contributed by atoms with E-state index in [2.05, 4.69) is 0 Å². The standard InChI is InChI=1S/C20H24FNO4/c21-15-6-4-5-14(9-15)13-25-16-11-22(12-16)19(24)17-10-18(23)26-20(17)7-2-1-3-8-20/h4-6,9,16-17H,1-3,7-8,10-13H2/t17-/m1/s1. The summed E-state index contributed by atoms with van der Waals surface area (Å²) in [5, 5.41) is 0. The van der Waals surface area contributed by atoms with Crippen LogP contribution >= 0.6 is 0 Å². The van der Waals surface area contributed by atoms with Crippen LogP contribution in [-0.4, -0.2) is 41.6 Å². The number of hydrogen-bond acceptors (Lipinski definition) is 4. The molecular weight excluding hydrogens is 337 g/mol. The van der Waals surface area contributed by atoms with Crippen LogP contribution in [0, 0.1) is 11.7 Å². The fourth-order valence-corrected chi connectivity index (χ4v) is 4.39. The van der Waals surface area contributed by atoms with Crippen molar-refractivity contribution < 1.29 is 23.5 Å². The van der Waals surface area contributed by atoms with Crippen molar-refractivity contribution in [3.05, 3.63) is 35.6 Å². The Labute approximate surface area is 152 Å². The summed E-state index contributed by atoms with van der Waals surface area (Å²) < 4.78 is 24.6. The zero-order chi connectivity index (χ0) is 18.1. The summed E-state index contributed by atoms with van der Waals surface area (Å²) >= 11 is 0. The Morgan fingerprint density at radius 2 is 2.04 bits per heavy atom. The average molecular weight is 361 g/mol. The Balaban J connectivity index is 1.30. The first-order chi connectivity index (χ1) is 12.6. The summed E-state index contributed by atoms with van der Waals surface area (Å²) in [5.41, 5.74) is 0.214. The average Bonchev–Trinajstić information content (AvgIpc) is 2.89. The number of rotatable bonds is 4. The summed E-state index contributed by atoms with van der Waals surface area (Å²) in [6.45, 7) is 1.38. The van der Waals surface area contributed by atoms with Crippen molar-refractivity contribution in [3.8, 4) is 0 Å². The second kappa shape index (κ2) is 6.99. The first-order valence-electron chi connectivity index (χ1n) is 9.42. The third-order valence-electron chi connectivity index (χ3n) is 5.86. The molecule has 2 heterocycles. The highest BCUT2D eigenvalue weighted by molar-refractivity contribution is 5.88. The fraction of sp³-hybridized carbons (Fsp3) is 0.600. The van der Waals surface area contributed by atoms with Gasteiger partial charge in [-0.1, -0.05) is 18.6 Å². The van der Waals surface area contributed by atoms with E-state index in [0.29, 0.717) is 19.7 Å². The molecule has 3 aliphatic rings. The lowest BCUT2D eigenvalue weighted by Crippen LogP contribution is -2.58. The van der Waals surface area contributed by atoms with Crippen molar-refractivity contribution >= 4 is 11.9 Å². The van der Waals surface area contributed by atoms with E-state index in [1.54, 1.807) is 11.0 Å². The molecule has 2 saturated heterocycles. The molecule has 26 heavy (non-hydrogen) atoms. The number of ether oxygens (including phenoxy) is 2. The lowest BCUT2D eigenvalue weighted by Gasteiger charge is -2.43. The number of benzene rings is 1. The zero-order valence-electron chi connectivity index (χ0n) is 14.8. The molecule has 6 heteroatoms. The highest BCUT2D eigenvalue weighted by Crippen LogP contribution is 2.45. The molecule has 0 bridgehead atoms. The maximum Gasteiger partial charge on any atom is 0.307 e. The first-order valence-corrected chi connectivity index (χ1v) is 9.42. The minimum Gasteiger partial charge on any atom is -0.458 e. The van der Waals surface area contributed by atoms with Gasteiger partial charge in [0.05, 0.1) is 25.0 Å². The van der Waals surface area contributed by atoms with Gasteiger partial charge in [0.1, 0.15) is 11.4 Å². The summed E-state index contributed by atoms with van der Waals surface area (Å²) in [4.78, 5) is 26.5. The van der Waals surface area contributed by atoms with Gasteiger partial charge in [0, 0.05) is 13.1 Å². The Kier molecular flexibility index (Phi) is 4.69. The molecule has 1 aliphatic carbocycles. The molecule has 5 nitrogen and oxygen atoms in total. The Bertz CT molecular complexity index is 695. The van der Waals surface area contributed by atoms with Gasteiger partial charge in [-0.3, -0.25) is 9.59 Å². The number of likely N-dealkylation sites (tertiary alicyclic amines) is 1. The molecule has 0 radical (unpaired) electrons. The minimum absolute atomic E-state index is 0.0170. The minimum atomic E-state index is -0.570. The molecule has 1 atom stereocenters. The van der Waals surface area contributed by atoms with E-state index in [1.807, 2.05) is 6.07 Å². The number of hydrogen-bond donors (Lipinski definition) is 0. The summed E-state index contributed by atoms with van der Waals surface area (Å²) in [6.07, 6.45) is 4.91. The third-order valence-corrected chi connectivity index (χ3v) is 5.86. The Morgan fingerprint density at radius 3 is 2.77 bits per heavy atom. The molecule has 1 spiro atoms. The van der Waals surface area contributed by atoms with Crippen molar-refractivity contribution in [2.45, 2.75) is 56.8 Å². The molecule has 140 valence electrons. The molecular formula is C20H24FNO4. The van der Waals surface area contributed by atoms with E-state index in [9.17, 15) is 14.0 Å². The molecule has 0 aromatic heterocycles. The van der Waals surface area contributed by atoms with Crippen LogP contribution in [0.15, 0.2) is 24.3 Å². The van der Waals surface area contributed by atoms with Crippen molar-refractivity contribution in [2.24, 2.45) is 5.92 Å². The number of esters is 1. The van der Waals surface area contributed by atoms with Gasteiger partial charge >= 0.3 is 5.97 Å². The molecule has 2 aliphatic heterocycles. The molecule has 1 aromatic rings. The topological polar surface area (TPSA) is 55.8 Å². The molecule has 4 rings (SSSR count). The molecule has 1 amide bonds. The number of amides is 1. The van der Waals surface area contributed by atoms with Crippen molar-refractivity contribution in [3.63, 3.8) is 0 Å². The lowest BCUT2D eigenvalue weighted by molar-refractivity contribution is -0.162. The van der Waals surface area contributed by atoms with Crippen LogP contribution in [0.3, 0.4) is 0 Å². The highest BCUT2D eigenvalue weighted by atomic mass is 19.1. The van der Waals surface area contributed by atoms with Gasteiger partial charge in [0.25, 0.3) is 0 Å². The van der Waals surface area contributed by atoms with Crippen LogP contribution in [-0.2, 0) is 25.7 Å². The molecule has 1 aromatic carbocycles. The number of carbonyl (C=O) groups excluding carboxylic acids is 2. The van der Waals surface area contributed by atoms with Crippen molar-refractivity contribution in [2.75, 3.05) is 13.1 Å². The van der Waals surface area contributed by atoms with Gasteiger partial charge in [0.2, 0.25) is 5.91 Å². The lowest BCUT2D eigenvalue weighted by atomic mass is 9.75. The number of carbonyl (C=O) groups is 2. The highest BCUT2D eigenvalue weighted by Gasteiger charge is 2.54. The first kappa shape index (κ1) is 17.5. The van der Waals surface area contributed by atoms with E-state index >= 15 is 0 Å². The van der Waals surface area contributed by atoms with E-state index in [-0.39, 0.29) is 36.1 Å². The van der Waals surface area contributed by atoms with Gasteiger partial charge in [0.15, 0.2) is 0 Å². The van der Waals surface area contributed by atoms with Crippen LogP contribution in [0.5, 0.6) is 0 Å². The van der Waals surface area contributed by atoms with Gasteiger partial charge in [-0.05, 0) is 43.4 Å². The monoisotopic (exact) mass is 361 g/mol. The van der Waals surface area contributed by atoms with Crippen LogP contribution in [0.1, 0.15) is 44.1 Å². The van der Waals surface area contributed by atoms with Gasteiger partial charge in [-0.25, -0.2) is 4.39 Å². The van der Waals surface area contributed by atoms with Gasteiger partial charge in [-0.15, -0.1) is 0 Å². The van der Waals surface area contributed by atoms with Crippen LogP contribution in [0.2, 0.25) is 0 Å². The Morgan fingerprint density at radius 1 is 1.27 bits per heavy atom. The second-order valence-electron chi connectivity index (χ2n) is 7.66. The predicted octanol–water partition coefficient (Wildman–Crippen LogP) is 2.82. The predicted molar refractivity (Wildman–Crippen MR) is 91.6 cm³/mol. The van der Waals surface area contributed by atoms with Crippen LogP contribution in [0.4, 0.5) is 4.39 Å². The maximum absolute atomic E-state index is 13.2. The van der Waals surface area contributed by atoms with Crippen molar-refractivity contribution in [1.29, 1.82) is 0 Å². The van der Waals surface area contributed by atoms with Gasteiger partial charge in [-0.2, -0.15) is 0 Å². The largest absolute Gasteiger partial charge is 0.458 e. The van der Waals surface area contributed by atoms with Crippen molar-refractivity contribution in [1.82, 2.24) is 4.90 Å². The van der Waals surface area contributed by atoms with Crippen LogP contribution in [0.25, 0.3) is 0 Å². The number of halogens is 1. The number of nitrogens with zero attached hydrogens (tertiary/aromatic N) is 1. The summed E-state index contributed by atoms with van der Waals surface area (Å²) in [5.74, 6) is -0.854. The molecule has 3 fully saturated rings. The maximum atomic E-state index is 13.2. The fourth-order valence-electron chi connectivity index (χ4n) is 4.39. The summed E-state index contributed by atoms with van der Waals surface area (Å²) in [6, 6.07) is 6.33. The quantitative estimate of drug-likeness (QED) is 0.774. The molecule has 1 saturated carbocycles. The van der Waals surface area contributed by atoms with E-state index < -0.39 is 5.60 Å². The normalized spacial score (nSPS) is 25.2. The van der Waals surface area contributed by atoms with E-state index in [4.69, 9.17) is 9.47 Å².